The van der Waals surface area contributed by atoms with Gasteiger partial charge in [0.25, 0.3) is 0 Å². The van der Waals surface area contributed by atoms with E-state index in [9.17, 15) is 4.79 Å². The van der Waals surface area contributed by atoms with Gasteiger partial charge in [-0.25, -0.2) is 0 Å². The van der Waals surface area contributed by atoms with Crippen LogP contribution in [0.15, 0.2) is 47.2 Å². The van der Waals surface area contributed by atoms with E-state index in [0.29, 0.717) is 29.7 Å². The molecule has 1 saturated heterocycles. The summed E-state index contributed by atoms with van der Waals surface area (Å²) in [4.78, 5) is 22.7. The molecule has 1 atom stereocenters. The summed E-state index contributed by atoms with van der Waals surface area (Å²) in [6, 6.07) is 9.15. The molecule has 3 aromatic rings. The average molecular weight is 355 g/mol. The Morgan fingerprint density at radius 3 is 2.80 bits per heavy atom. The minimum Gasteiger partial charge on any atom is -0.339 e. The van der Waals surface area contributed by atoms with Crippen LogP contribution in [0.2, 0.25) is 5.02 Å². The fourth-order valence-electron chi connectivity index (χ4n) is 3.05. The van der Waals surface area contributed by atoms with Crippen LogP contribution in [0.5, 0.6) is 0 Å². The van der Waals surface area contributed by atoms with Crippen molar-refractivity contribution in [2.75, 3.05) is 11.4 Å². The maximum atomic E-state index is 12.5. The van der Waals surface area contributed by atoms with E-state index in [1.807, 2.05) is 31.2 Å². The Bertz CT molecular complexity index is 926. The van der Waals surface area contributed by atoms with Gasteiger partial charge >= 0.3 is 0 Å². The van der Waals surface area contributed by atoms with E-state index >= 15 is 0 Å². The number of anilines is 1. The third-order valence-electron chi connectivity index (χ3n) is 4.30. The monoisotopic (exact) mass is 354 g/mol. The molecule has 1 aromatic carbocycles. The van der Waals surface area contributed by atoms with Crippen LogP contribution in [0.25, 0.3) is 11.4 Å². The summed E-state index contributed by atoms with van der Waals surface area (Å²) >= 11 is 6.00. The van der Waals surface area contributed by atoms with Crippen LogP contribution in [0, 0.1) is 6.92 Å². The molecule has 1 amide bonds. The first-order valence-electron chi connectivity index (χ1n) is 7.92. The summed E-state index contributed by atoms with van der Waals surface area (Å²) in [5.74, 6) is 0.907. The predicted octanol–water partition coefficient (Wildman–Crippen LogP) is 3.61. The highest BCUT2D eigenvalue weighted by Crippen LogP contribution is 2.34. The topological polar surface area (TPSA) is 72.1 Å². The van der Waals surface area contributed by atoms with E-state index in [1.165, 1.54) is 0 Å². The summed E-state index contributed by atoms with van der Waals surface area (Å²) in [5.41, 5.74) is 2.66. The van der Waals surface area contributed by atoms with Gasteiger partial charge in [-0.1, -0.05) is 16.8 Å². The first-order valence-corrected chi connectivity index (χ1v) is 8.30. The Balaban J connectivity index is 1.57. The highest BCUT2D eigenvalue weighted by atomic mass is 35.5. The van der Waals surface area contributed by atoms with Crippen LogP contribution in [0.1, 0.15) is 23.8 Å². The van der Waals surface area contributed by atoms with Crippen LogP contribution < -0.4 is 4.90 Å². The first-order chi connectivity index (χ1) is 12.1. The molecule has 7 heteroatoms. The fourth-order valence-corrected chi connectivity index (χ4v) is 3.27. The van der Waals surface area contributed by atoms with Gasteiger partial charge in [0.2, 0.25) is 17.6 Å². The summed E-state index contributed by atoms with van der Waals surface area (Å²) in [7, 11) is 0. The number of hydrogen-bond donors (Lipinski definition) is 0. The van der Waals surface area contributed by atoms with Crippen molar-refractivity contribution in [1.29, 1.82) is 0 Å². The average Bonchev–Trinajstić information content (AvgIpc) is 3.23. The summed E-state index contributed by atoms with van der Waals surface area (Å²) in [6.45, 7) is 2.45. The van der Waals surface area contributed by atoms with E-state index in [2.05, 4.69) is 15.1 Å². The van der Waals surface area contributed by atoms with Crippen molar-refractivity contribution >= 4 is 23.2 Å². The molecule has 6 nitrogen and oxygen atoms in total. The molecule has 2 aromatic heterocycles. The molecule has 0 aliphatic carbocycles. The van der Waals surface area contributed by atoms with Crippen LogP contribution in [0.3, 0.4) is 0 Å². The van der Waals surface area contributed by atoms with Gasteiger partial charge in [0, 0.05) is 41.6 Å². The smallest absolute Gasteiger partial charge is 0.232 e. The van der Waals surface area contributed by atoms with E-state index in [4.69, 9.17) is 16.1 Å². The number of carbonyl (C=O) groups excluding carboxylic acids is 1. The molecule has 1 aliphatic rings. The van der Waals surface area contributed by atoms with Crippen LogP contribution >= 0.6 is 11.6 Å². The Labute approximate surface area is 149 Å². The minimum atomic E-state index is -0.120. The van der Waals surface area contributed by atoms with Gasteiger partial charge in [0.15, 0.2) is 0 Å². The van der Waals surface area contributed by atoms with E-state index < -0.39 is 0 Å². The molecule has 4 rings (SSSR count). The van der Waals surface area contributed by atoms with E-state index in [0.717, 1.165) is 16.8 Å². The lowest BCUT2D eigenvalue weighted by atomic mass is 10.1. The van der Waals surface area contributed by atoms with Gasteiger partial charge in [0.1, 0.15) is 0 Å². The second kappa shape index (κ2) is 6.29. The molecule has 1 aliphatic heterocycles. The number of rotatable bonds is 3. The van der Waals surface area contributed by atoms with Gasteiger partial charge in [-0.2, -0.15) is 4.98 Å². The van der Waals surface area contributed by atoms with Gasteiger partial charge in [-0.05, 0) is 42.8 Å². The van der Waals surface area contributed by atoms with E-state index in [-0.39, 0.29) is 11.8 Å². The summed E-state index contributed by atoms with van der Waals surface area (Å²) in [5, 5.41) is 4.68. The number of aryl methyl sites for hydroxylation is 1. The molecular weight excluding hydrogens is 340 g/mol. The van der Waals surface area contributed by atoms with Crippen molar-refractivity contribution < 1.29 is 9.32 Å². The molecule has 1 fully saturated rings. The van der Waals surface area contributed by atoms with Crippen molar-refractivity contribution in [3.05, 3.63) is 59.2 Å². The molecular formula is C18H15ClN4O2. The molecule has 0 saturated carbocycles. The third-order valence-corrected chi connectivity index (χ3v) is 4.54. The fraction of sp³-hybridized carbons (Fsp3) is 0.222. The van der Waals surface area contributed by atoms with E-state index in [1.54, 1.807) is 23.4 Å². The van der Waals surface area contributed by atoms with Crippen molar-refractivity contribution in [2.45, 2.75) is 19.3 Å². The van der Waals surface area contributed by atoms with Crippen LogP contribution in [0.4, 0.5) is 5.69 Å². The van der Waals surface area contributed by atoms with Crippen molar-refractivity contribution in [1.82, 2.24) is 15.1 Å². The third kappa shape index (κ3) is 3.00. The van der Waals surface area contributed by atoms with Crippen LogP contribution in [-0.2, 0) is 4.79 Å². The minimum absolute atomic E-state index is 0.0408. The zero-order valence-electron chi connectivity index (χ0n) is 13.5. The van der Waals surface area contributed by atoms with Gasteiger partial charge < -0.3 is 9.42 Å². The molecule has 3 heterocycles. The molecule has 126 valence electrons. The Kier molecular flexibility index (Phi) is 3.97. The molecule has 0 bridgehead atoms. The SMILES string of the molecule is Cc1cc(Cl)ccc1N1CC(c2nc(-c3ccncc3)no2)CC1=O. The highest BCUT2D eigenvalue weighted by Gasteiger charge is 2.35. The second-order valence-corrected chi connectivity index (χ2v) is 6.46. The van der Waals surface area contributed by atoms with Gasteiger partial charge in [-0.15, -0.1) is 0 Å². The second-order valence-electron chi connectivity index (χ2n) is 6.03. The number of hydrogen-bond acceptors (Lipinski definition) is 5. The normalized spacial score (nSPS) is 17.3. The quantitative estimate of drug-likeness (QED) is 0.718. The number of nitrogens with zero attached hydrogens (tertiary/aromatic N) is 4. The summed E-state index contributed by atoms with van der Waals surface area (Å²) < 4.78 is 5.40. The van der Waals surface area contributed by atoms with Crippen LogP contribution in [-0.4, -0.2) is 27.6 Å². The number of halogens is 1. The lowest BCUT2D eigenvalue weighted by Crippen LogP contribution is -2.25. The zero-order chi connectivity index (χ0) is 17.4. The zero-order valence-corrected chi connectivity index (χ0v) is 14.3. The Hall–Kier alpha value is -2.73. The molecule has 0 N–H and O–H groups in total. The highest BCUT2D eigenvalue weighted by molar-refractivity contribution is 6.30. The molecule has 0 spiro atoms. The number of benzene rings is 1. The number of amides is 1. The molecule has 0 radical (unpaired) electrons. The molecule has 25 heavy (non-hydrogen) atoms. The van der Waals surface area contributed by atoms with Crippen molar-refractivity contribution in [3.8, 4) is 11.4 Å². The largest absolute Gasteiger partial charge is 0.339 e. The van der Waals surface area contributed by atoms with Crippen molar-refractivity contribution in [2.24, 2.45) is 0 Å². The van der Waals surface area contributed by atoms with Crippen molar-refractivity contribution in [3.63, 3.8) is 0 Å². The number of carbonyl (C=O) groups is 1. The van der Waals surface area contributed by atoms with Gasteiger partial charge in [-0.3, -0.25) is 9.78 Å². The maximum Gasteiger partial charge on any atom is 0.232 e. The number of aromatic nitrogens is 3. The standard InChI is InChI=1S/C18H15ClN4O2/c1-11-8-14(19)2-3-15(11)23-10-13(9-16(23)24)18-21-17(22-25-18)12-4-6-20-7-5-12/h2-8,13H,9-10H2,1H3. The first kappa shape index (κ1) is 15.8. The lowest BCUT2D eigenvalue weighted by molar-refractivity contribution is -0.117. The summed E-state index contributed by atoms with van der Waals surface area (Å²) in [6.07, 6.45) is 3.70. The Morgan fingerprint density at radius 1 is 1.24 bits per heavy atom. The lowest BCUT2D eigenvalue weighted by Gasteiger charge is -2.18. The number of pyridine rings is 1. The Morgan fingerprint density at radius 2 is 2.04 bits per heavy atom. The predicted molar refractivity (Wildman–Crippen MR) is 93.4 cm³/mol. The maximum absolute atomic E-state index is 12.5. The van der Waals surface area contributed by atoms with Gasteiger partial charge in [0.05, 0.1) is 5.92 Å². The molecule has 1 unspecified atom stereocenters.